The van der Waals surface area contributed by atoms with E-state index < -0.39 is 5.60 Å². The Morgan fingerprint density at radius 2 is 2.11 bits per heavy atom. The van der Waals surface area contributed by atoms with Crippen molar-refractivity contribution in [1.29, 1.82) is 0 Å². The van der Waals surface area contributed by atoms with E-state index in [1.165, 1.54) is 0 Å². The summed E-state index contributed by atoms with van der Waals surface area (Å²) >= 11 is 3.46. The van der Waals surface area contributed by atoms with Gasteiger partial charge in [0.15, 0.2) is 0 Å². The molecular formula is C15H19BrN2O. The number of aliphatic hydroxyl groups is 1. The van der Waals surface area contributed by atoms with Crippen LogP contribution in [0, 0.1) is 6.92 Å². The molecule has 1 heterocycles. The summed E-state index contributed by atoms with van der Waals surface area (Å²) in [6.07, 6.45) is 1.23. The van der Waals surface area contributed by atoms with Crippen molar-refractivity contribution in [1.82, 2.24) is 9.78 Å². The highest BCUT2D eigenvalue weighted by atomic mass is 79.9. The van der Waals surface area contributed by atoms with Crippen LogP contribution in [0.3, 0.4) is 0 Å². The molecule has 0 spiro atoms. The normalized spacial score (nSPS) is 14.4. The minimum atomic E-state index is -0.857. The number of halogens is 1. The molecule has 0 aliphatic heterocycles. The average molecular weight is 323 g/mol. The van der Waals surface area contributed by atoms with Gasteiger partial charge >= 0.3 is 0 Å². The number of hydrogen-bond acceptors (Lipinski definition) is 2. The second-order valence-electron chi connectivity index (χ2n) is 4.97. The first-order chi connectivity index (χ1) is 8.94. The summed E-state index contributed by atoms with van der Waals surface area (Å²) in [5, 5.41) is 15.3. The standard InChI is InChI=1S/C15H19BrN2O/c1-4-15(19,12-6-5-7-13(16)9-12)10-14-8-11(2)17-18(14)3/h5-9,19H,4,10H2,1-3H3. The predicted octanol–water partition coefficient (Wildman–Crippen LogP) is 3.33. The van der Waals surface area contributed by atoms with Gasteiger partial charge in [-0.2, -0.15) is 5.10 Å². The topological polar surface area (TPSA) is 38.1 Å². The van der Waals surface area contributed by atoms with Gasteiger partial charge in [-0.25, -0.2) is 0 Å². The fraction of sp³-hybridized carbons (Fsp3) is 0.400. The number of benzene rings is 1. The molecule has 1 aromatic heterocycles. The van der Waals surface area contributed by atoms with Gasteiger partial charge in [-0.15, -0.1) is 0 Å². The van der Waals surface area contributed by atoms with E-state index >= 15 is 0 Å². The number of nitrogens with zero attached hydrogens (tertiary/aromatic N) is 2. The fourth-order valence-electron chi connectivity index (χ4n) is 2.34. The van der Waals surface area contributed by atoms with Crippen molar-refractivity contribution in [2.75, 3.05) is 0 Å². The van der Waals surface area contributed by atoms with Crippen LogP contribution in [0.5, 0.6) is 0 Å². The van der Waals surface area contributed by atoms with Crippen LogP contribution < -0.4 is 0 Å². The van der Waals surface area contributed by atoms with Gasteiger partial charge in [0.1, 0.15) is 0 Å². The zero-order valence-electron chi connectivity index (χ0n) is 11.5. The third-order valence-electron chi connectivity index (χ3n) is 3.52. The van der Waals surface area contributed by atoms with Gasteiger partial charge in [0, 0.05) is 23.6 Å². The molecule has 0 radical (unpaired) electrons. The summed E-state index contributed by atoms with van der Waals surface area (Å²) in [7, 11) is 1.92. The number of rotatable bonds is 4. The molecule has 3 nitrogen and oxygen atoms in total. The van der Waals surface area contributed by atoms with Crippen LogP contribution in [0.25, 0.3) is 0 Å². The zero-order valence-corrected chi connectivity index (χ0v) is 13.1. The summed E-state index contributed by atoms with van der Waals surface area (Å²) in [4.78, 5) is 0. The number of aromatic nitrogens is 2. The molecule has 1 aromatic carbocycles. The minimum absolute atomic E-state index is 0.567. The van der Waals surface area contributed by atoms with Crippen molar-refractivity contribution < 1.29 is 5.11 Å². The predicted molar refractivity (Wildman–Crippen MR) is 80.0 cm³/mol. The molecule has 1 N–H and O–H groups in total. The summed E-state index contributed by atoms with van der Waals surface area (Å²) in [5.41, 5.74) is 2.10. The Labute approximate surface area is 122 Å². The lowest BCUT2D eigenvalue weighted by Gasteiger charge is -2.27. The molecule has 0 saturated carbocycles. The van der Waals surface area contributed by atoms with Crippen LogP contribution in [0.1, 0.15) is 30.3 Å². The lowest BCUT2D eigenvalue weighted by Crippen LogP contribution is -2.28. The third-order valence-corrected chi connectivity index (χ3v) is 4.01. The second kappa shape index (κ2) is 5.47. The smallest absolute Gasteiger partial charge is 0.0949 e. The van der Waals surface area contributed by atoms with Crippen LogP contribution in [0.2, 0.25) is 0 Å². The van der Waals surface area contributed by atoms with Gasteiger partial charge in [0.05, 0.1) is 11.3 Å². The van der Waals surface area contributed by atoms with Gasteiger partial charge in [-0.1, -0.05) is 35.0 Å². The molecule has 1 atom stereocenters. The third kappa shape index (κ3) is 3.07. The van der Waals surface area contributed by atoms with Gasteiger partial charge in [-0.05, 0) is 37.1 Å². The van der Waals surface area contributed by atoms with E-state index in [0.29, 0.717) is 12.8 Å². The second-order valence-corrected chi connectivity index (χ2v) is 5.89. The summed E-state index contributed by atoms with van der Waals surface area (Å²) < 4.78 is 2.83. The highest BCUT2D eigenvalue weighted by molar-refractivity contribution is 9.10. The van der Waals surface area contributed by atoms with Crippen LogP contribution >= 0.6 is 15.9 Å². The highest BCUT2D eigenvalue weighted by Gasteiger charge is 2.29. The van der Waals surface area contributed by atoms with Crippen LogP contribution in [-0.4, -0.2) is 14.9 Å². The summed E-state index contributed by atoms with van der Waals surface area (Å²) in [6, 6.07) is 9.89. The largest absolute Gasteiger partial charge is 0.385 e. The molecule has 2 rings (SSSR count). The van der Waals surface area contributed by atoms with Crippen molar-refractivity contribution in [2.24, 2.45) is 7.05 Å². The molecule has 4 heteroatoms. The molecular weight excluding hydrogens is 304 g/mol. The van der Waals surface area contributed by atoms with E-state index in [0.717, 1.165) is 21.4 Å². The number of hydrogen-bond donors (Lipinski definition) is 1. The molecule has 102 valence electrons. The van der Waals surface area contributed by atoms with Gasteiger partial charge < -0.3 is 5.11 Å². The molecule has 0 aliphatic carbocycles. The first-order valence-electron chi connectivity index (χ1n) is 6.42. The molecule has 0 amide bonds. The Kier molecular flexibility index (Phi) is 4.11. The van der Waals surface area contributed by atoms with Crippen LogP contribution in [-0.2, 0) is 19.1 Å². The van der Waals surface area contributed by atoms with E-state index in [2.05, 4.69) is 21.0 Å². The fourth-order valence-corrected chi connectivity index (χ4v) is 2.74. The summed E-state index contributed by atoms with van der Waals surface area (Å²) in [5.74, 6) is 0. The molecule has 19 heavy (non-hydrogen) atoms. The maximum Gasteiger partial charge on any atom is 0.0949 e. The lowest BCUT2D eigenvalue weighted by molar-refractivity contribution is 0.0308. The first-order valence-corrected chi connectivity index (χ1v) is 7.22. The molecule has 0 saturated heterocycles. The molecule has 0 bridgehead atoms. The quantitative estimate of drug-likeness (QED) is 0.937. The van der Waals surface area contributed by atoms with Gasteiger partial charge in [0.2, 0.25) is 0 Å². The van der Waals surface area contributed by atoms with Gasteiger partial charge in [0.25, 0.3) is 0 Å². The maximum absolute atomic E-state index is 10.9. The highest BCUT2D eigenvalue weighted by Crippen LogP contribution is 2.30. The van der Waals surface area contributed by atoms with Crippen molar-refractivity contribution in [3.8, 4) is 0 Å². The molecule has 0 fully saturated rings. The minimum Gasteiger partial charge on any atom is -0.385 e. The Bertz CT molecular complexity index is 579. The van der Waals surface area contributed by atoms with Crippen LogP contribution in [0.15, 0.2) is 34.8 Å². The van der Waals surface area contributed by atoms with E-state index in [-0.39, 0.29) is 0 Å². The van der Waals surface area contributed by atoms with E-state index in [1.807, 2.05) is 55.9 Å². The van der Waals surface area contributed by atoms with E-state index in [4.69, 9.17) is 0 Å². The molecule has 2 aromatic rings. The number of aryl methyl sites for hydroxylation is 2. The Hall–Kier alpha value is -1.13. The SMILES string of the molecule is CCC(O)(Cc1cc(C)nn1C)c1cccc(Br)c1. The maximum atomic E-state index is 10.9. The first kappa shape index (κ1) is 14.3. The monoisotopic (exact) mass is 322 g/mol. The van der Waals surface area contributed by atoms with Crippen LogP contribution in [0.4, 0.5) is 0 Å². The van der Waals surface area contributed by atoms with Crippen molar-refractivity contribution in [3.05, 3.63) is 51.8 Å². The Morgan fingerprint density at radius 3 is 2.63 bits per heavy atom. The summed E-state index contributed by atoms with van der Waals surface area (Å²) in [6.45, 7) is 3.97. The molecule has 1 unspecified atom stereocenters. The van der Waals surface area contributed by atoms with Crippen molar-refractivity contribution >= 4 is 15.9 Å². The Morgan fingerprint density at radius 1 is 1.37 bits per heavy atom. The van der Waals surface area contributed by atoms with Crippen molar-refractivity contribution in [2.45, 2.75) is 32.3 Å². The zero-order chi connectivity index (χ0) is 14.0. The van der Waals surface area contributed by atoms with Crippen molar-refractivity contribution in [3.63, 3.8) is 0 Å². The van der Waals surface area contributed by atoms with Gasteiger partial charge in [-0.3, -0.25) is 4.68 Å². The average Bonchev–Trinajstić information content (AvgIpc) is 2.67. The molecule has 0 aliphatic rings. The van der Waals surface area contributed by atoms with E-state index in [1.54, 1.807) is 0 Å². The van der Waals surface area contributed by atoms with E-state index in [9.17, 15) is 5.11 Å². The Balaban J connectivity index is 2.35. The lowest BCUT2D eigenvalue weighted by atomic mass is 9.86.